The lowest BCUT2D eigenvalue weighted by Gasteiger charge is -2.03. The summed E-state index contributed by atoms with van der Waals surface area (Å²) in [5.74, 6) is 0.0181. The molecule has 0 spiro atoms. The fourth-order valence-corrected chi connectivity index (χ4v) is 1.75. The molecule has 0 unspecified atom stereocenters. The molecule has 0 aliphatic carbocycles. The van der Waals surface area contributed by atoms with Crippen LogP contribution in [0.5, 0.6) is 0 Å². The number of carbonyl (C=O) groups excluding carboxylic acids is 1. The molecule has 2 N–H and O–H groups in total. The van der Waals surface area contributed by atoms with Crippen molar-refractivity contribution in [3.63, 3.8) is 0 Å². The highest BCUT2D eigenvalue weighted by Gasteiger charge is 2.02. The number of rotatable bonds is 6. The average Bonchev–Trinajstić information content (AvgIpc) is 2.72. The zero-order valence-electron chi connectivity index (χ0n) is 9.82. The molecular formula is C13H16N2O2. The number of hydrogen-bond acceptors (Lipinski definition) is 3. The Balaban J connectivity index is 1.85. The Morgan fingerprint density at radius 2 is 2.24 bits per heavy atom. The molecule has 1 heterocycles. The van der Waals surface area contributed by atoms with Crippen molar-refractivity contribution in [3.05, 3.63) is 36.0 Å². The standard InChI is InChI=1S/C13H16N2O2/c1-10(16)9-17-15-7-6-11-8-14-13-5-3-2-4-12(11)13/h2-5,8,14-15H,6-7,9H2,1H3. The van der Waals surface area contributed by atoms with Gasteiger partial charge in [-0.25, -0.2) is 5.48 Å². The van der Waals surface area contributed by atoms with Crippen LogP contribution in [-0.4, -0.2) is 23.9 Å². The minimum atomic E-state index is 0.0181. The molecule has 2 aromatic rings. The zero-order valence-corrected chi connectivity index (χ0v) is 9.82. The number of ketones is 1. The number of aromatic amines is 1. The number of benzene rings is 1. The van der Waals surface area contributed by atoms with Gasteiger partial charge < -0.3 is 4.98 Å². The Kier molecular flexibility index (Phi) is 3.90. The summed E-state index contributed by atoms with van der Waals surface area (Å²) < 4.78 is 0. The van der Waals surface area contributed by atoms with Crippen LogP contribution >= 0.6 is 0 Å². The maximum Gasteiger partial charge on any atom is 0.157 e. The highest BCUT2D eigenvalue weighted by molar-refractivity contribution is 5.83. The Hall–Kier alpha value is -1.65. The number of Topliss-reactive ketones (excluding diaryl/α,β-unsaturated/α-hetero) is 1. The molecule has 0 bridgehead atoms. The maximum absolute atomic E-state index is 10.6. The minimum Gasteiger partial charge on any atom is -0.361 e. The van der Waals surface area contributed by atoms with E-state index in [4.69, 9.17) is 4.84 Å². The van der Waals surface area contributed by atoms with E-state index in [1.165, 1.54) is 17.9 Å². The Morgan fingerprint density at radius 1 is 1.41 bits per heavy atom. The normalized spacial score (nSPS) is 10.9. The number of carbonyl (C=O) groups is 1. The lowest BCUT2D eigenvalue weighted by molar-refractivity contribution is -0.124. The van der Waals surface area contributed by atoms with E-state index < -0.39 is 0 Å². The van der Waals surface area contributed by atoms with E-state index in [1.54, 1.807) is 0 Å². The van der Waals surface area contributed by atoms with E-state index in [0.717, 1.165) is 11.9 Å². The first-order chi connectivity index (χ1) is 8.27. The lowest BCUT2D eigenvalue weighted by atomic mass is 10.1. The number of fused-ring (bicyclic) bond motifs is 1. The number of nitrogens with one attached hydrogen (secondary N) is 2. The maximum atomic E-state index is 10.6. The monoisotopic (exact) mass is 232 g/mol. The second-order valence-corrected chi connectivity index (χ2v) is 3.99. The molecule has 17 heavy (non-hydrogen) atoms. The summed E-state index contributed by atoms with van der Waals surface area (Å²) in [4.78, 5) is 18.9. The molecule has 0 amide bonds. The fraction of sp³-hybridized carbons (Fsp3) is 0.308. The molecule has 0 saturated carbocycles. The first-order valence-electron chi connectivity index (χ1n) is 5.66. The van der Waals surface area contributed by atoms with Gasteiger partial charge in [0.05, 0.1) is 0 Å². The number of aromatic nitrogens is 1. The predicted octanol–water partition coefficient (Wildman–Crippen LogP) is 1.82. The molecule has 2 rings (SSSR count). The van der Waals surface area contributed by atoms with Gasteiger partial charge in [0.15, 0.2) is 5.78 Å². The first kappa shape index (κ1) is 11.8. The molecule has 0 aliphatic rings. The second kappa shape index (κ2) is 5.61. The van der Waals surface area contributed by atoms with Gasteiger partial charge in [-0.05, 0) is 25.0 Å². The summed E-state index contributed by atoms with van der Waals surface area (Å²) in [6, 6.07) is 8.19. The smallest absolute Gasteiger partial charge is 0.157 e. The SMILES string of the molecule is CC(=O)CONCCc1c[nH]c2ccccc12. The van der Waals surface area contributed by atoms with Crippen molar-refractivity contribution in [1.29, 1.82) is 0 Å². The van der Waals surface area contributed by atoms with Crippen LogP contribution in [0.2, 0.25) is 0 Å². The van der Waals surface area contributed by atoms with Crippen LogP contribution < -0.4 is 5.48 Å². The topological polar surface area (TPSA) is 54.1 Å². The van der Waals surface area contributed by atoms with Crippen LogP contribution in [-0.2, 0) is 16.1 Å². The number of hydrogen-bond donors (Lipinski definition) is 2. The van der Waals surface area contributed by atoms with Gasteiger partial charge in [0.2, 0.25) is 0 Å². The highest BCUT2D eigenvalue weighted by atomic mass is 16.6. The third-order valence-corrected chi connectivity index (χ3v) is 2.55. The molecule has 1 aromatic heterocycles. The fourth-order valence-electron chi connectivity index (χ4n) is 1.75. The minimum absolute atomic E-state index is 0.0181. The van der Waals surface area contributed by atoms with Crippen molar-refractivity contribution in [2.24, 2.45) is 0 Å². The van der Waals surface area contributed by atoms with Crippen LogP contribution in [0.4, 0.5) is 0 Å². The van der Waals surface area contributed by atoms with Crippen LogP contribution in [0.1, 0.15) is 12.5 Å². The van der Waals surface area contributed by atoms with Crippen LogP contribution in [0, 0.1) is 0 Å². The third kappa shape index (κ3) is 3.15. The second-order valence-electron chi connectivity index (χ2n) is 3.99. The molecule has 90 valence electrons. The van der Waals surface area contributed by atoms with Crippen LogP contribution in [0.3, 0.4) is 0 Å². The Labute approximate surface area is 99.9 Å². The van der Waals surface area contributed by atoms with Crippen molar-refractivity contribution in [2.45, 2.75) is 13.3 Å². The number of hydroxylamine groups is 1. The van der Waals surface area contributed by atoms with Crippen molar-refractivity contribution in [1.82, 2.24) is 10.5 Å². The quantitative estimate of drug-likeness (QED) is 0.590. The van der Waals surface area contributed by atoms with Gasteiger partial charge in [0, 0.05) is 23.6 Å². The molecule has 4 heteroatoms. The molecule has 0 saturated heterocycles. The van der Waals surface area contributed by atoms with E-state index >= 15 is 0 Å². The van der Waals surface area contributed by atoms with Crippen molar-refractivity contribution >= 4 is 16.7 Å². The third-order valence-electron chi connectivity index (χ3n) is 2.55. The molecule has 1 aromatic carbocycles. The summed E-state index contributed by atoms with van der Waals surface area (Å²) >= 11 is 0. The van der Waals surface area contributed by atoms with Crippen LogP contribution in [0.15, 0.2) is 30.5 Å². The van der Waals surface area contributed by atoms with Gasteiger partial charge in [-0.2, -0.15) is 0 Å². The summed E-state index contributed by atoms with van der Waals surface area (Å²) in [5.41, 5.74) is 5.18. The van der Waals surface area contributed by atoms with Gasteiger partial charge in [-0.15, -0.1) is 0 Å². The molecule has 4 nitrogen and oxygen atoms in total. The summed E-state index contributed by atoms with van der Waals surface area (Å²) in [5, 5.41) is 1.24. The van der Waals surface area contributed by atoms with Gasteiger partial charge in [0.25, 0.3) is 0 Å². The largest absolute Gasteiger partial charge is 0.361 e. The lowest BCUT2D eigenvalue weighted by Crippen LogP contribution is -2.21. The highest BCUT2D eigenvalue weighted by Crippen LogP contribution is 2.17. The van der Waals surface area contributed by atoms with E-state index in [2.05, 4.69) is 22.6 Å². The number of H-pyrrole nitrogens is 1. The molecule has 0 atom stereocenters. The van der Waals surface area contributed by atoms with Crippen LogP contribution in [0.25, 0.3) is 10.9 Å². The summed E-state index contributed by atoms with van der Waals surface area (Å²) in [7, 11) is 0. The zero-order chi connectivity index (χ0) is 12.1. The van der Waals surface area contributed by atoms with E-state index in [0.29, 0.717) is 6.54 Å². The van der Waals surface area contributed by atoms with Crippen molar-refractivity contribution < 1.29 is 9.63 Å². The molecule has 0 fully saturated rings. The first-order valence-corrected chi connectivity index (χ1v) is 5.66. The summed E-state index contributed by atoms with van der Waals surface area (Å²) in [6.45, 7) is 2.31. The average molecular weight is 232 g/mol. The van der Waals surface area contributed by atoms with Gasteiger partial charge >= 0.3 is 0 Å². The molecule has 0 aliphatic heterocycles. The molecule has 0 radical (unpaired) electrons. The van der Waals surface area contributed by atoms with Gasteiger partial charge in [-0.3, -0.25) is 9.63 Å². The van der Waals surface area contributed by atoms with Gasteiger partial charge in [-0.1, -0.05) is 18.2 Å². The summed E-state index contributed by atoms with van der Waals surface area (Å²) in [6.07, 6.45) is 2.87. The Bertz CT molecular complexity index is 505. The van der Waals surface area contributed by atoms with E-state index in [-0.39, 0.29) is 12.4 Å². The van der Waals surface area contributed by atoms with E-state index in [1.807, 2.05) is 18.3 Å². The van der Waals surface area contributed by atoms with Crippen molar-refractivity contribution in [2.75, 3.05) is 13.2 Å². The molecular weight excluding hydrogens is 216 g/mol. The predicted molar refractivity (Wildman–Crippen MR) is 66.6 cm³/mol. The van der Waals surface area contributed by atoms with E-state index in [9.17, 15) is 4.79 Å². The van der Waals surface area contributed by atoms with Gasteiger partial charge in [0.1, 0.15) is 6.61 Å². The number of para-hydroxylation sites is 1. The Morgan fingerprint density at radius 3 is 3.06 bits per heavy atom. The van der Waals surface area contributed by atoms with Crippen molar-refractivity contribution in [3.8, 4) is 0 Å².